The van der Waals surface area contributed by atoms with Gasteiger partial charge in [-0.25, -0.2) is 4.98 Å². The number of fused-ring (bicyclic) bond motifs is 1. The fourth-order valence-corrected chi connectivity index (χ4v) is 4.50. The summed E-state index contributed by atoms with van der Waals surface area (Å²) >= 11 is 1.53. The molecule has 4 rings (SSSR count). The second-order valence-electron chi connectivity index (χ2n) is 7.39. The van der Waals surface area contributed by atoms with E-state index >= 15 is 0 Å². The molecule has 0 bridgehead atoms. The number of carbonyl (C=O) groups is 1. The van der Waals surface area contributed by atoms with Crippen molar-refractivity contribution in [2.45, 2.75) is 26.3 Å². The van der Waals surface area contributed by atoms with Crippen molar-refractivity contribution in [1.82, 2.24) is 10.3 Å². The summed E-state index contributed by atoms with van der Waals surface area (Å²) in [5.41, 5.74) is 1.92. The molecule has 1 aliphatic heterocycles. The molecule has 2 aromatic carbocycles. The molecule has 1 N–H and O–H groups in total. The Morgan fingerprint density at radius 1 is 1.28 bits per heavy atom. The molecule has 0 aliphatic carbocycles. The van der Waals surface area contributed by atoms with Crippen molar-refractivity contribution in [3.8, 4) is 0 Å². The van der Waals surface area contributed by atoms with E-state index in [0.29, 0.717) is 11.5 Å². The van der Waals surface area contributed by atoms with Crippen LogP contribution in [0.15, 0.2) is 42.5 Å². The SMILES string of the molecule is CC1CCN(c2ccc([N+](=O)[O-])cc2C(=O)NCc2nc3ccccc3s2)CC1. The summed E-state index contributed by atoms with van der Waals surface area (Å²) < 4.78 is 1.07. The van der Waals surface area contributed by atoms with E-state index in [4.69, 9.17) is 0 Å². The molecule has 1 aromatic heterocycles. The number of piperidine rings is 1. The molecule has 0 radical (unpaired) electrons. The molecular formula is C21H22N4O3S. The van der Waals surface area contributed by atoms with Gasteiger partial charge in [-0.3, -0.25) is 14.9 Å². The average Bonchev–Trinajstić information content (AvgIpc) is 3.15. The highest BCUT2D eigenvalue weighted by Gasteiger charge is 2.23. The third kappa shape index (κ3) is 4.22. The molecule has 0 spiro atoms. The Bertz CT molecular complexity index is 1020. The average molecular weight is 410 g/mol. The predicted octanol–water partition coefficient (Wildman–Crippen LogP) is 4.37. The van der Waals surface area contributed by atoms with Crippen LogP contribution in [0.5, 0.6) is 0 Å². The highest BCUT2D eigenvalue weighted by atomic mass is 32.1. The van der Waals surface area contributed by atoms with E-state index in [1.165, 1.54) is 23.5 Å². The van der Waals surface area contributed by atoms with Crippen LogP contribution in [0, 0.1) is 16.0 Å². The van der Waals surface area contributed by atoms with Crippen LogP contribution < -0.4 is 10.2 Å². The van der Waals surface area contributed by atoms with Crippen LogP contribution in [0.1, 0.15) is 35.1 Å². The first-order chi connectivity index (χ1) is 14.0. The Balaban J connectivity index is 1.56. The smallest absolute Gasteiger partial charge is 0.270 e. The molecule has 1 aliphatic rings. The summed E-state index contributed by atoms with van der Waals surface area (Å²) in [6, 6.07) is 12.4. The Labute approximate surface area is 172 Å². The van der Waals surface area contributed by atoms with Gasteiger partial charge in [-0.05, 0) is 37.0 Å². The van der Waals surface area contributed by atoms with Crippen molar-refractivity contribution in [2.75, 3.05) is 18.0 Å². The zero-order chi connectivity index (χ0) is 20.4. The van der Waals surface area contributed by atoms with Gasteiger partial charge >= 0.3 is 0 Å². The van der Waals surface area contributed by atoms with Crippen molar-refractivity contribution in [2.24, 2.45) is 5.92 Å². The second kappa shape index (κ2) is 8.16. The van der Waals surface area contributed by atoms with Gasteiger partial charge in [-0.15, -0.1) is 11.3 Å². The van der Waals surface area contributed by atoms with Gasteiger partial charge in [0, 0.05) is 25.2 Å². The minimum absolute atomic E-state index is 0.0794. The van der Waals surface area contributed by atoms with Crippen LogP contribution in [-0.2, 0) is 6.54 Å². The molecule has 1 amide bonds. The number of nitro benzene ring substituents is 1. The highest BCUT2D eigenvalue weighted by molar-refractivity contribution is 7.18. The number of non-ortho nitro benzene ring substituents is 1. The number of benzene rings is 2. The lowest BCUT2D eigenvalue weighted by molar-refractivity contribution is -0.384. The van der Waals surface area contributed by atoms with Crippen LogP contribution in [-0.4, -0.2) is 28.9 Å². The molecule has 7 nitrogen and oxygen atoms in total. The number of rotatable bonds is 5. The topological polar surface area (TPSA) is 88.4 Å². The molecule has 29 heavy (non-hydrogen) atoms. The van der Waals surface area contributed by atoms with E-state index in [9.17, 15) is 14.9 Å². The van der Waals surface area contributed by atoms with Crippen LogP contribution in [0.3, 0.4) is 0 Å². The quantitative estimate of drug-likeness (QED) is 0.498. The number of aromatic nitrogens is 1. The van der Waals surface area contributed by atoms with Crippen molar-refractivity contribution in [3.63, 3.8) is 0 Å². The fraction of sp³-hybridized carbons (Fsp3) is 0.333. The fourth-order valence-electron chi connectivity index (χ4n) is 3.59. The minimum atomic E-state index is -0.466. The summed E-state index contributed by atoms with van der Waals surface area (Å²) in [6.45, 7) is 4.20. The molecular weight excluding hydrogens is 388 g/mol. The number of carbonyl (C=O) groups excluding carboxylic acids is 1. The van der Waals surface area contributed by atoms with Crippen molar-refractivity contribution < 1.29 is 9.72 Å². The number of amides is 1. The molecule has 2 heterocycles. The molecule has 0 unspecified atom stereocenters. The predicted molar refractivity (Wildman–Crippen MR) is 114 cm³/mol. The largest absolute Gasteiger partial charge is 0.371 e. The van der Waals surface area contributed by atoms with Crippen LogP contribution in [0.2, 0.25) is 0 Å². The number of nitro groups is 1. The van der Waals surface area contributed by atoms with Gasteiger partial charge in [0.15, 0.2) is 0 Å². The lowest BCUT2D eigenvalue weighted by Gasteiger charge is -2.33. The Hall–Kier alpha value is -3.00. The number of para-hydroxylation sites is 1. The number of hydrogen-bond acceptors (Lipinski definition) is 6. The first kappa shape index (κ1) is 19.3. The normalized spacial score (nSPS) is 14.9. The molecule has 3 aromatic rings. The Morgan fingerprint density at radius 2 is 2.03 bits per heavy atom. The van der Waals surface area contributed by atoms with E-state index in [1.807, 2.05) is 24.3 Å². The number of nitrogens with zero attached hydrogens (tertiary/aromatic N) is 3. The monoisotopic (exact) mass is 410 g/mol. The third-order valence-electron chi connectivity index (χ3n) is 5.30. The molecule has 1 fully saturated rings. The van der Waals surface area contributed by atoms with Gasteiger partial charge < -0.3 is 10.2 Å². The standard InChI is InChI=1S/C21H22N4O3S/c1-14-8-10-24(11-9-14)18-7-6-15(25(27)28)12-16(18)21(26)22-13-20-23-17-4-2-3-5-19(17)29-20/h2-7,12,14H,8-11,13H2,1H3,(H,22,26). The maximum absolute atomic E-state index is 13.0. The van der Waals surface area contributed by atoms with Crippen LogP contribution in [0.4, 0.5) is 11.4 Å². The van der Waals surface area contributed by atoms with Crippen molar-refractivity contribution in [1.29, 1.82) is 0 Å². The van der Waals surface area contributed by atoms with Gasteiger partial charge in [0.25, 0.3) is 11.6 Å². The molecule has 150 valence electrons. The van der Waals surface area contributed by atoms with Gasteiger partial charge in [0.2, 0.25) is 0 Å². The summed E-state index contributed by atoms with van der Waals surface area (Å²) in [7, 11) is 0. The molecule has 0 saturated carbocycles. The Morgan fingerprint density at radius 3 is 2.76 bits per heavy atom. The first-order valence-electron chi connectivity index (χ1n) is 9.67. The number of hydrogen-bond donors (Lipinski definition) is 1. The van der Waals surface area contributed by atoms with E-state index in [-0.39, 0.29) is 18.1 Å². The van der Waals surface area contributed by atoms with Gasteiger partial charge in [0.1, 0.15) is 5.01 Å². The first-order valence-corrected chi connectivity index (χ1v) is 10.5. The second-order valence-corrected chi connectivity index (χ2v) is 8.50. The zero-order valence-electron chi connectivity index (χ0n) is 16.1. The highest BCUT2D eigenvalue weighted by Crippen LogP contribution is 2.29. The summed E-state index contributed by atoms with van der Waals surface area (Å²) in [5, 5.41) is 14.9. The van der Waals surface area contributed by atoms with Crippen molar-refractivity contribution in [3.05, 3.63) is 63.1 Å². The van der Waals surface area contributed by atoms with E-state index in [1.54, 1.807) is 6.07 Å². The number of anilines is 1. The summed E-state index contributed by atoms with van der Waals surface area (Å²) in [5.74, 6) is 0.335. The van der Waals surface area contributed by atoms with Crippen LogP contribution in [0.25, 0.3) is 10.2 Å². The summed E-state index contributed by atoms with van der Waals surface area (Å²) in [4.78, 5) is 30.4. The van der Waals surface area contributed by atoms with Gasteiger partial charge in [-0.2, -0.15) is 0 Å². The van der Waals surface area contributed by atoms with Gasteiger partial charge in [-0.1, -0.05) is 19.1 Å². The number of nitrogens with one attached hydrogen (secondary N) is 1. The Kier molecular flexibility index (Phi) is 5.44. The van der Waals surface area contributed by atoms with E-state index in [2.05, 4.69) is 22.1 Å². The lowest BCUT2D eigenvalue weighted by Crippen LogP contribution is -2.35. The maximum atomic E-state index is 13.0. The number of thiazole rings is 1. The minimum Gasteiger partial charge on any atom is -0.371 e. The van der Waals surface area contributed by atoms with E-state index in [0.717, 1.165) is 46.8 Å². The maximum Gasteiger partial charge on any atom is 0.270 e. The van der Waals surface area contributed by atoms with Crippen molar-refractivity contribution >= 4 is 38.8 Å². The molecule has 8 heteroatoms. The zero-order valence-corrected chi connectivity index (χ0v) is 16.9. The molecule has 0 atom stereocenters. The lowest BCUT2D eigenvalue weighted by atomic mass is 9.98. The van der Waals surface area contributed by atoms with Gasteiger partial charge in [0.05, 0.1) is 32.9 Å². The summed E-state index contributed by atoms with van der Waals surface area (Å²) in [6.07, 6.45) is 2.09. The molecule has 1 saturated heterocycles. The van der Waals surface area contributed by atoms with E-state index < -0.39 is 4.92 Å². The van der Waals surface area contributed by atoms with Crippen LogP contribution >= 0.6 is 11.3 Å². The third-order valence-corrected chi connectivity index (χ3v) is 6.33.